The van der Waals surface area contributed by atoms with Crippen molar-refractivity contribution in [3.63, 3.8) is 0 Å². The van der Waals surface area contributed by atoms with Gasteiger partial charge in [-0.3, -0.25) is 39.9 Å². The number of non-ortho nitro benzene ring substituents is 1. The van der Waals surface area contributed by atoms with Crippen molar-refractivity contribution in [3.8, 4) is 0 Å². The first-order valence-electron chi connectivity index (χ1n) is 9.79. The third-order valence-electron chi connectivity index (χ3n) is 4.80. The lowest BCUT2D eigenvalue weighted by atomic mass is 10.2. The molecule has 2 amide bonds. The van der Waals surface area contributed by atoms with Gasteiger partial charge in [0.25, 0.3) is 17.2 Å². The number of carbonyl (C=O) groups excluding carboxylic acids is 2. The number of nitro groups is 1. The van der Waals surface area contributed by atoms with Gasteiger partial charge in [0.1, 0.15) is 0 Å². The molecule has 32 heavy (non-hydrogen) atoms. The number of thioether (sulfide) groups is 1. The summed E-state index contributed by atoms with van der Waals surface area (Å²) in [7, 11) is 0. The number of nitrogens with one attached hydrogen (secondary N) is 2. The van der Waals surface area contributed by atoms with E-state index >= 15 is 0 Å². The highest BCUT2D eigenvalue weighted by molar-refractivity contribution is 7.99. The maximum Gasteiger partial charge on any atom is 0.269 e. The minimum atomic E-state index is -0.612. The molecule has 0 aliphatic rings. The van der Waals surface area contributed by atoms with Crippen LogP contribution in [0.25, 0.3) is 10.9 Å². The smallest absolute Gasteiger partial charge is 0.269 e. The van der Waals surface area contributed by atoms with Gasteiger partial charge in [-0.15, -0.1) is 0 Å². The van der Waals surface area contributed by atoms with Gasteiger partial charge in [-0.2, -0.15) is 0 Å². The Morgan fingerprint density at radius 3 is 2.50 bits per heavy atom. The first-order chi connectivity index (χ1) is 15.3. The Morgan fingerprint density at radius 2 is 1.84 bits per heavy atom. The molecule has 0 fully saturated rings. The summed E-state index contributed by atoms with van der Waals surface area (Å²) in [5.74, 6) is -1.19. The van der Waals surface area contributed by atoms with Crippen molar-refractivity contribution in [1.29, 1.82) is 0 Å². The fraction of sp³-hybridized carbons (Fsp3) is 0.238. The Morgan fingerprint density at radius 1 is 1.16 bits per heavy atom. The molecule has 0 aliphatic heterocycles. The van der Waals surface area contributed by atoms with E-state index in [0.29, 0.717) is 22.5 Å². The summed E-state index contributed by atoms with van der Waals surface area (Å²) < 4.78 is 1.58. The number of nitrogens with zero attached hydrogens (tertiary/aromatic N) is 3. The van der Waals surface area contributed by atoms with Gasteiger partial charge in [0, 0.05) is 23.7 Å². The molecule has 3 rings (SSSR count). The minimum absolute atomic E-state index is 0.0816. The van der Waals surface area contributed by atoms with Crippen LogP contribution < -0.4 is 16.4 Å². The zero-order chi connectivity index (χ0) is 23.3. The average molecular weight is 455 g/mol. The largest absolute Gasteiger partial charge is 0.284 e. The summed E-state index contributed by atoms with van der Waals surface area (Å²) in [6, 6.07) is 11.9. The van der Waals surface area contributed by atoms with E-state index < -0.39 is 16.7 Å². The molecule has 2 N–H and O–H groups in total. The molecule has 166 valence electrons. The van der Waals surface area contributed by atoms with Crippen molar-refractivity contribution in [2.75, 3.05) is 5.75 Å². The predicted molar refractivity (Wildman–Crippen MR) is 120 cm³/mol. The van der Waals surface area contributed by atoms with Gasteiger partial charge in [-0.25, -0.2) is 4.98 Å². The number of hydrogen-bond donors (Lipinski definition) is 2. The lowest BCUT2D eigenvalue weighted by molar-refractivity contribution is -0.384. The van der Waals surface area contributed by atoms with Crippen molar-refractivity contribution in [2.24, 2.45) is 0 Å². The van der Waals surface area contributed by atoms with Crippen LogP contribution in [0.2, 0.25) is 0 Å². The van der Waals surface area contributed by atoms with Gasteiger partial charge in [-0.1, -0.05) is 30.8 Å². The van der Waals surface area contributed by atoms with E-state index in [1.165, 1.54) is 24.3 Å². The molecule has 0 unspecified atom stereocenters. The molecule has 1 heterocycles. The van der Waals surface area contributed by atoms with E-state index in [9.17, 15) is 24.5 Å². The second kappa shape index (κ2) is 10.1. The van der Waals surface area contributed by atoms with Gasteiger partial charge < -0.3 is 0 Å². The SMILES string of the molecule is CC[C@@H](C)n1c(SCC(=O)NNC(=O)c2ccc([N+](=O)[O-])cc2)nc2ccccc2c1=O. The number of aromatic nitrogens is 2. The van der Waals surface area contributed by atoms with E-state index in [-0.39, 0.29) is 28.6 Å². The molecule has 11 heteroatoms. The molecule has 1 aromatic heterocycles. The Labute approximate surface area is 187 Å². The highest BCUT2D eigenvalue weighted by atomic mass is 32.2. The van der Waals surface area contributed by atoms with Crippen molar-refractivity contribution in [2.45, 2.75) is 31.5 Å². The monoisotopic (exact) mass is 455 g/mol. The molecule has 10 nitrogen and oxygen atoms in total. The van der Waals surface area contributed by atoms with Gasteiger partial charge in [-0.05, 0) is 37.6 Å². The molecule has 0 spiro atoms. The van der Waals surface area contributed by atoms with Gasteiger partial charge >= 0.3 is 0 Å². The topological polar surface area (TPSA) is 136 Å². The standard InChI is InChI=1S/C21H21N5O5S/c1-3-13(2)25-20(29)16-6-4-5-7-17(16)22-21(25)32-12-18(27)23-24-19(28)14-8-10-15(11-9-14)26(30)31/h4-11,13H,3,12H2,1-2H3,(H,23,27)(H,24,28)/t13-/m1/s1. The number of hydrazine groups is 1. The Bertz CT molecular complexity index is 1230. The number of fused-ring (bicyclic) bond motifs is 1. The summed E-state index contributed by atoms with van der Waals surface area (Å²) in [5.41, 5.74) is 4.95. The zero-order valence-corrected chi connectivity index (χ0v) is 18.2. The number of carbonyl (C=O) groups is 2. The molecule has 0 saturated carbocycles. The fourth-order valence-electron chi connectivity index (χ4n) is 2.90. The van der Waals surface area contributed by atoms with E-state index in [0.717, 1.165) is 11.8 Å². The fourth-order valence-corrected chi connectivity index (χ4v) is 3.80. The second-order valence-corrected chi connectivity index (χ2v) is 7.88. The predicted octanol–water partition coefficient (Wildman–Crippen LogP) is 2.83. The van der Waals surface area contributed by atoms with Crippen LogP contribution in [-0.2, 0) is 4.79 Å². The van der Waals surface area contributed by atoms with Gasteiger partial charge in [0.15, 0.2) is 5.16 Å². The van der Waals surface area contributed by atoms with Crippen LogP contribution in [0.5, 0.6) is 0 Å². The number of hydrogen-bond acceptors (Lipinski definition) is 7. The third kappa shape index (κ3) is 5.11. The second-order valence-electron chi connectivity index (χ2n) is 6.94. The molecule has 0 bridgehead atoms. The van der Waals surface area contributed by atoms with Crippen LogP contribution in [0.4, 0.5) is 5.69 Å². The van der Waals surface area contributed by atoms with Crippen molar-refractivity contribution in [1.82, 2.24) is 20.4 Å². The van der Waals surface area contributed by atoms with E-state index in [1.54, 1.807) is 28.8 Å². The van der Waals surface area contributed by atoms with Gasteiger partial charge in [0.2, 0.25) is 5.91 Å². The normalized spacial score (nSPS) is 11.7. The van der Waals surface area contributed by atoms with E-state index in [4.69, 9.17) is 0 Å². The number of amides is 2. The number of rotatable bonds is 7. The molecule has 0 radical (unpaired) electrons. The quantitative estimate of drug-likeness (QED) is 0.242. The number of para-hydroxylation sites is 1. The molecule has 3 aromatic rings. The van der Waals surface area contributed by atoms with Crippen LogP contribution in [0.15, 0.2) is 58.5 Å². The molecular formula is C21H21N5O5S. The first-order valence-corrected chi connectivity index (χ1v) is 10.8. The maximum absolute atomic E-state index is 12.9. The van der Waals surface area contributed by atoms with Gasteiger partial charge in [0.05, 0.1) is 21.6 Å². The zero-order valence-electron chi connectivity index (χ0n) is 17.4. The van der Waals surface area contributed by atoms with Crippen LogP contribution in [0.1, 0.15) is 36.7 Å². The highest BCUT2D eigenvalue weighted by Crippen LogP contribution is 2.22. The molecular weight excluding hydrogens is 434 g/mol. The summed E-state index contributed by atoms with van der Waals surface area (Å²) in [6.07, 6.45) is 0.713. The Balaban J connectivity index is 1.67. The highest BCUT2D eigenvalue weighted by Gasteiger charge is 2.17. The number of benzene rings is 2. The van der Waals surface area contributed by atoms with Crippen LogP contribution in [0.3, 0.4) is 0 Å². The lowest BCUT2D eigenvalue weighted by Gasteiger charge is -2.18. The number of nitro benzene ring substituents is 1. The molecule has 2 aromatic carbocycles. The molecule has 0 aliphatic carbocycles. The first kappa shape index (κ1) is 22.9. The summed E-state index contributed by atoms with van der Waals surface area (Å²) in [5, 5.41) is 11.6. The molecule has 1 atom stereocenters. The Kier molecular flexibility index (Phi) is 7.21. The third-order valence-corrected chi connectivity index (χ3v) is 5.75. The van der Waals surface area contributed by atoms with Crippen molar-refractivity contribution in [3.05, 3.63) is 74.6 Å². The van der Waals surface area contributed by atoms with E-state index in [2.05, 4.69) is 15.8 Å². The van der Waals surface area contributed by atoms with Crippen molar-refractivity contribution >= 4 is 40.2 Å². The minimum Gasteiger partial charge on any atom is -0.284 e. The molecule has 0 saturated heterocycles. The average Bonchev–Trinajstić information content (AvgIpc) is 2.80. The Hall–Kier alpha value is -3.73. The maximum atomic E-state index is 12.9. The summed E-state index contributed by atoms with van der Waals surface area (Å²) >= 11 is 1.09. The van der Waals surface area contributed by atoms with E-state index in [1.807, 2.05) is 13.8 Å². The van der Waals surface area contributed by atoms with Crippen molar-refractivity contribution < 1.29 is 14.5 Å². The summed E-state index contributed by atoms with van der Waals surface area (Å²) in [4.78, 5) is 52.0. The lowest BCUT2D eigenvalue weighted by Crippen LogP contribution is -2.42. The van der Waals surface area contributed by atoms with Crippen LogP contribution in [0, 0.1) is 10.1 Å². The summed E-state index contributed by atoms with van der Waals surface area (Å²) in [6.45, 7) is 3.87. The van der Waals surface area contributed by atoms with Crippen LogP contribution in [-0.4, -0.2) is 32.0 Å². The van der Waals surface area contributed by atoms with Crippen LogP contribution >= 0.6 is 11.8 Å².